The summed E-state index contributed by atoms with van der Waals surface area (Å²) in [6, 6.07) is 10.6. The van der Waals surface area contributed by atoms with Gasteiger partial charge >= 0.3 is 5.97 Å². The summed E-state index contributed by atoms with van der Waals surface area (Å²) in [5.41, 5.74) is 0.956. The summed E-state index contributed by atoms with van der Waals surface area (Å²) >= 11 is 0. The molecule has 0 amide bonds. The summed E-state index contributed by atoms with van der Waals surface area (Å²) in [7, 11) is 1.49. The fourth-order valence-electron chi connectivity index (χ4n) is 6.84. The summed E-state index contributed by atoms with van der Waals surface area (Å²) in [5.74, 6) is 0.615. The SMILES string of the molecule is CC.COC(=O)C12CC3CC4(C1)C(CC4(c1ccccc1)C2)C3=O. The molecule has 5 unspecified atom stereocenters. The van der Waals surface area contributed by atoms with Crippen molar-refractivity contribution in [2.75, 3.05) is 7.11 Å². The van der Waals surface area contributed by atoms with Crippen molar-refractivity contribution in [2.24, 2.45) is 22.7 Å². The lowest BCUT2D eigenvalue weighted by atomic mass is 9.44. The number of ether oxygens (including phenoxy) is 1. The molecule has 3 heteroatoms. The molecule has 5 rings (SSSR count). The quantitative estimate of drug-likeness (QED) is 0.774. The molecule has 0 aliphatic heterocycles. The number of Topliss-reactive ketones (excluding diaryl/α,β-unsaturated/α-hetero) is 1. The molecule has 1 aromatic rings. The lowest BCUT2D eigenvalue weighted by Crippen LogP contribution is -2.56. The van der Waals surface area contributed by atoms with Gasteiger partial charge < -0.3 is 4.74 Å². The lowest BCUT2D eigenvalue weighted by Gasteiger charge is -2.58. The van der Waals surface area contributed by atoms with Gasteiger partial charge in [-0.25, -0.2) is 0 Å². The molecule has 128 valence electrons. The summed E-state index contributed by atoms with van der Waals surface area (Å²) in [6.45, 7) is 4.00. The summed E-state index contributed by atoms with van der Waals surface area (Å²) in [5, 5.41) is 0. The van der Waals surface area contributed by atoms with Crippen LogP contribution in [-0.4, -0.2) is 18.9 Å². The van der Waals surface area contributed by atoms with Gasteiger partial charge in [0.2, 0.25) is 0 Å². The van der Waals surface area contributed by atoms with Crippen LogP contribution in [0, 0.1) is 22.7 Å². The van der Waals surface area contributed by atoms with Crippen LogP contribution in [0.25, 0.3) is 0 Å². The van der Waals surface area contributed by atoms with Gasteiger partial charge in [0, 0.05) is 17.3 Å². The Balaban J connectivity index is 0.000000704. The molecule has 3 nitrogen and oxygen atoms in total. The maximum Gasteiger partial charge on any atom is 0.311 e. The summed E-state index contributed by atoms with van der Waals surface area (Å²) in [4.78, 5) is 25.3. The van der Waals surface area contributed by atoms with E-state index in [2.05, 4.69) is 24.3 Å². The number of benzene rings is 1. The Bertz CT molecular complexity index is 696. The highest BCUT2D eigenvalue weighted by Gasteiger charge is 2.82. The Hall–Kier alpha value is -1.64. The van der Waals surface area contributed by atoms with Gasteiger partial charge in [0.05, 0.1) is 12.5 Å². The Kier molecular flexibility index (Phi) is 3.26. The zero-order valence-corrected chi connectivity index (χ0v) is 14.8. The largest absolute Gasteiger partial charge is 0.469 e. The van der Waals surface area contributed by atoms with E-state index in [9.17, 15) is 9.59 Å². The number of fused-ring (bicyclic) bond motifs is 2. The Labute approximate surface area is 143 Å². The number of carbonyl (C=O) groups is 2. The molecular weight excluding hydrogens is 300 g/mol. The Morgan fingerprint density at radius 3 is 2.46 bits per heavy atom. The van der Waals surface area contributed by atoms with E-state index in [1.807, 2.05) is 19.9 Å². The molecule has 1 spiro atoms. The molecule has 0 radical (unpaired) electrons. The van der Waals surface area contributed by atoms with Gasteiger partial charge in [0.1, 0.15) is 5.78 Å². The van der Waals surface area contributed by atoms with E-state index in [0.29, 0.717) is 12.2 Å². The van der Waals surface area contributed by atoms with Gasteiger partial charge in [-0.15, -0.1) is 0 Å². The first kappa shape index (κ1) is 15.9. The minimum absolute atomic E-state index is 0.0219. The van der Waals surface area contributed by atoms with Crippen molar-refractivity contribution in [3.63, 3.8) is 0 Å². The first-order chi connectivity index (χ1) is 11.6. The predicted octanol–water partition coefficient (Wildman–Crippen LogP) is 3.90. The van der Waals surface area contributed by atoms with Crippen LogP contribution in [0.3, 0.4) is 0 Å². The van der Waals surface area contributed by atoms with Gasteiger partial charge in [-0.3, -0.25) is 9.59 Å². The van der Waals surface area contributed by atoms with Gasteiger partial charge in [-0.2, -0.15) is 0 Å². The van der Waals surface area contributed by atoms with Crippen molar-refractivity contribution < 1.29 is 14.3 Å². The van der Waals surface area contributed by atoms with Gasteiger partial charge in [0.25, 0.3) is 0 Å². The summed E-state index contributed by atoms with van der Waals surface area (Å²) < 4.78 is 5.16. The van der Waals surface area contributed by atoms with Crippen molar-refractivity contribution in [3.05, 3.63) is 35.9 Å². The van der Waals surface area contributed by atoms with Crippen molar-refractivity contribution >= 4 is 11.8 Å². The van der Waals surface area contributed by atoms with Gasteiger partial charge in [0.15, 0.2) is 0 Å². The Morgan fingerprint density at radius 2 is 1.79 bits per heavy atom. The van der Waals surface area contributed by atoms with Crippen molar-refractivity contribution in [1.29, 1.82) is 0 Å². The number of rotatable bonds is 2. The topological polar surface area (TPSA) is 43.4 Å². The highest BCUT2D eigenvalue weighted by atomic mass is 16.5. The molecule has 24 heavy (non-hydrogen) atoms. The molecule has 1 aromatic carbocycles. The van der Waals surface area contributed by atoms with Crippen LogP contribution in [0.1, 0.15) is 51.5 Å². The maximum absolute atomic E-state index is 12.7. The third kappa shape index (κ3) is 1.54. The van der Waals surface area contributed by atoms with E-state index in [0.717, 1.165) is 25.7 Å². The average molecular weight is 326 g/mol. The third-order valence-corrected chi connectivity index (χ3v) is 7.41. The van der Waals surface area contributed by atoms with Crippen LogP contribution in [0.4, 0.5) is 0 Å². The van der Waals surface area contributed by atoms with E-state index in [4.69, 9.17) is 4.74 Å². The molecule has 0 aromatic heterocycles. The monoisotopic (exact) mass is 326 g/mol. The van der Waals surface area contributed by atoms with E-state index in [1.54, 1.807) is 0 Å². The smallest absolute Gasteiger partial charge is 0.311 e. The second kappa shape index (κ2) is 4.93. The lowest BCUT2D eigenvalue weighted by molar-refractivity contribution is -0.155. The Morgan fingerprint density at radius 1 is 1.08 bits per heavy atom. The zero-order valence-electron chi connectivity index (χ0n) is 14.8. The second-order valence-electron chi connectivity index (χ2n) is 7.99. The van der Waals surface area contributed by atoms with E-state index in [1.165, 1.54) is 12.7 Å². The van der Waals surface area contributed by atoms with Crippen LogP contribution in [0.2, 0.25) is 0 Å². The first-order valence-corrected chi connectivity index (χ1v) is 9.25. The van der Waals surface area contributed by atoms with Crippen molar-refractivity contribution in [3.8, 4) is 0 Å². The average Bonchev–Trinajstić information content (AvgIpc) is 2.90. The predicted molar refractivity (Wildman–Crippen MR) is 91.4 cm³/mol. The number of ketones is 1. The fourth-order valence-corrected chi connectivity index (χ4v) is 6.84. The zero-order chi connectivity index (χ0) is 17.2. The highest BCUT2D eigenvalue weighted by molar-refractivity contribution is 5.93. The minimum atomic E-state index is -0.422. The van der Waals surface area contributed by atoms with E-state index >= 15 is 0 Å². The standard InChI is InChI=1S/C19H20O3.C2H6/c1-22-16(21)17-7-12-8-19(11-17)14(15(12)20)9-18(19,10-17)13-5-3-2-4-6-13;1-2/h2-6,12,14H,7-11H2,1H3;1-2H3. The van der Waals surface area contributed by atoms with Crippen LogP contribution < -0.4 is 0 Å². The number of methoxy groups -OCH3 is 1. The molecule has 4 fully saturated rings. The second-order valence-corrected chi connectivity index (χ2v) is 7.99. The summed E-state index contributed by atoms with van der Waals surface area (Å²) in [6.07, 6.45) is 4.37. The number of hydrogen-bond acceptors (Lipinski definition) is 3. The third-order valence-electron chi connectivity index (χ3n) is 7.41. The molecule has 0 heterocycles. The number of hydrogen-bond donors (Lipinski definition) is 0. The molecule has 5 atom stereocenters. The number of carbonyl (C=O) groups excluding carboxylic acids is 2. The van der Waals surface area contributed by atoms with Crippen LogP contribution >= 0.6 is 0 Å². The molecule has 4 saturated carbocycles. The van der Waals surface area contributed by atoms with Crippen molar-refractivity contribution in [2.45, 2.75) is 51.4 Å². The molecule has 0 saturated heterocycles. The number of esters is 1. The van der Waals surface area contributed by atoms with Gasteiger partial charge in [-0.05, 0) is 43.1 Å². The molecule has 4 aliphatic rings. The molecule has 0 N–H and O–H groups in total. The molecule has 4 aliphatic carbocycles. The normalized spacial score (nSPS) is 43.5. The van der Waals surface area contributed by atoms with E-state index in [-0.39, 0.29) is 28.6 Å². The first-order valence-electron chi connectivity index (χ1n) is 9.25. The van der Waals surface area contributed by atoms with E-state index < -0.39 is 5.41 Å². The molecular formula is C21H26O3. The molecule has 3 bridgehead atoms. The van der Waals surface area contributed by atoms with Gasteiger partial charge in [-0.1, -0.05) is 44.2 Å². The minimum Gasteiger partial charge on any atom is -0.469 e. The van der Waals surface area contributed by atoms with Crippen LogP contribution in [-0.2, 0) is 19.7 Å². The van der Waals surface area contributed by atoms with Crippen LogP contribution in [0.5, 0.6) is 0 Å². The highest BCUT2D eigenvalue weighted by Crippen LogP contribution is 2.83. The fraction of sp³-hybridized carbons (Fsp3) is 0.619. The van der Waals surface area contributed by atoms with Crippen molar-refractivity contribution in [1.82, 2.24) is 0 Å². The maximum atomic E-state index is 12.7. The van der Waals surface area contributed by atoms with Crippen LogP contribution in [0.15, 0.2) is 30.3 Å².